The molecule has 0 aromatic carbocycles. The third kappa shape index (κ3) is 4.95. The van der Waals surface area contributed by atoms with Crippen LogP contribution in [0.15, 0.2) is 0 Å². The van der Waals surface area contributed by atoms with Gasteiger partial charge >= 0.3 is 0 Å². The van der Waals surface area contributed by atoms with Crippen LogP contribution in [0.25, 0.3) is 0 Å². The van der Waals surface area contributed by atoms with Crippen molar-refractivity contribution in [2.45, 2.75) is 51.9 Å². The van der Waals surface area contributed by atoms with Crippen molar-refractivity contribution in [2.24, 2.45) is 17.8 Å². The van der Waals surface area contributed by atoms with Crippen LogP contribution in [0.2, 0.25) is 0 Å². The molecule has 6 heteroatoms. The van der Waals surface area contributed by atoms with Crippen LogP contribution < -0.4 is 5.32 Å². The molecule has 2 aliphatic rings. The Bertz CT molecular complexity index is 462. The van der Waals surface area contributed by atoms with Gasteiger partial charge in [0, 0.05) is 25.6 Å². The predicted molar refractivity (Wildman–Crippen MR) is 87.9 cm³/mol. The lowest BCUT2D eigenvalue weighted by atomic mass is 9.81. The molecule has 0 bridgehead atoms. The lowest BCUT2D eigenvalue weighted by Gasteiger charge is -2.31. The molecule has 22 heavy (non-hydrogen) atoms. The third-order valence-corrected chi connectivity index (χ3v) is 6.71. The summed E-state index contributed by atoms with van der Waals surface area (Å²) in [5.74, 6) is 1.60. The van der Waals surface area contributed by atoms with Crippen molar-refractivity contribution in [1.82, 2.24) is 9.62 Å². The van der Waals surface area contributed by atoms with Crippen LogP contribution in [-0.4, -0.2) is 44.5 Å². The lowest BCUT2D eigenvalue weighted by Crippen LogP contribution is -2.43. The Morgan fingerprint density at radius 2 is 1.59 bits per heavy atom. The Kier molecular flexibility index (Phi) is 6.26. The minimum absolute atomic E-state index is 0.0232. The molecule has 0 unspecified atom stereocenters. The van der Waals surface area contributed by atoms with Crippen LogP contribution in [0.5, 0.6) is 0 Å². The van der Waals surface area contributed by atoms with Gasteiger partial charge in [0.15, 0.2) is 0 Å². The molecule has 1 amide bonds. The van der Waals surface area contributed by atoms with E-state index in [2.05, 4.69) is 12.2 Å². The summed E-state index contributed by atoms with van der Waals surface area (Å²) in [6.07, 6.45) is 8.84. The maximum atomic E-state index is 12.2. The highest BCUT2D eigenvalue weighted by Gasteiger charge is 2.29. The number of sulfonamides is 1. The van der Waals surface area contributed by atoms with E-state index in [0.717, 1.165) is 12.5 Å². The van der Waals surface area contributed by atoms with Gasteiger partial charge in [0.1, 0.15) is 0 Å². The van der Waals surface area contributed by atoms with Crippen LogP contribution >= 0.6 is 0 Å². The molecule has 1 saturated carbocycles. The molecule has 1 aliphatic carbocycles. The first kappa shape index (κ1) is 17.7. The van der Waals surface area contributed by atoms with Gasteiger partial charge in [0.05, 0.1) is 6.26 Å². The molecule has 128 valence electrons. The zero-order valence-corrected chi connectivity index (χ0v) is 14.7. The van der Waals surface area contributed by atoms with E-state index in [4.69, 9.17) is 0 Å². The smallest absolute Gasteiger partial charge is 0.223 e. The van der Waals surface area contributed by atoms with Crippen molar-refractivity contribution in [3.05, 3.63) is 0 Å². The van der Waals surface area contributed by atoms with Crippen LogP contribution in [-0.2, 0) is 14.8 Å². The summed E-state index contributed by atoms with van der Waals surface area (Å²) in [7, 11) is -3.11. The third-order valence-electron chi connectivity index (χ3n) is 5.40. The topological polar surface area (TPSA) is 66.5 Å². The monoisotopic (exact) mass is 330 g/mol. The van der Waals surface area contributed by atoms with Crippen molar-refractivity contribution in [3.63, 3.8) is 0 Å². The van der Waals surface area contributed by atoms with E-state index in [1.807, 2.05) is 0 Å². The summed E-state index contributed by atoms with van der Waals surface area (Å²) in [6.45, 7) is 3.99. The van der Waals surface area contributed by atoms with Gasteiger partial charge in [-0.1, -0.05) is 26.2 Å². The lowest BCUT2D eigenvalue weighted by molar-refractivity contribution is -0.126. The molecule has 1 aliphatic heterocycles. The molecule has 0 aromatic rings. The molecule has 1 saturated heterocycles. The quantitative estimate of drug-likeness (QED) is 0.838. The molecule has 0 spiro atoms. The average Bonchev–Trinajstić information content (AvgIpc) is 2.52. The number of hydrogen-bond donors (Lipinski definition) is 1. The number of nitrogens with one attached hydrogen (secondary N) is 1. The van der Waals surface area contributed by atoms with E-state index in [0.29, 0.717) is 31.8 Å². The molecule has 2 fully saturated rings. The van der Waals surface area contributed by atoms with Gasteiger partial charge in [0.2, 0.25) is 15.9 Å². The van der Waals surface area contributed by atoms with Crippen molar-refractivity contribution in [3.8, 4) is 0 Å². The Morgan fingerprint density at radius 1 is 1.05 bits per heavy atom. The van der Waals surface area contributed by atoms with Crippen molar-refractivity contribution < 1.29 is 13.2 Å². The van der Waals surface area contributed by atoms with Crippen LogP contribution in [0.4, 0.5) is 0 Å². The minimum atomic E-state index is -3.11. The van der Waals surface area contributed by atoms with Gasteiger partial charge in [-0.2, -0.15) is 0 Å². The Morgan fingerprint density at radius 3 is 2.09 bits per heavy atom. The zero-order chi connectivity index (χ0) is 16.2. The molecule has 2 rings (SSSR count). The number of rotatable bonds is 5. The first-order valence-corrected chi connectivity index (χ1v) is 10.5. The zero-order valence-electron chi connectivity index (χ0n) is 13.9. The molecule has 0 aromatic heterocycles. The van der Waals surface area contributed by atoms with Gasteiger partial charge in [-0.15, -0.1) is 0 Å². The first-order chi connectivity index (χ1) is 10.4. The molecular weight excluding hydrogens is 300 g/mol. The number of piperidine rings is 1. The fraction of sp³-hybridized carbons (Fsp3) is 0.938. The van der Waals surface area contributed by atoms with Crippen LogP contribution in [0.1, 0.15) is 51.9 Å². The van der Waals surface area contributed by atoms with Gasteiger partial charge < -0.3 is 5.32 Å². The number of hydrogen-bond acceptors (Lipinski definition) is 3. The highest BCUT2D eigenvalue weighted by atomic mass is 32.2. The van der Waals surface area contributed by atoms with Gasteiger partial charge in [-0.3, -0.25) is 4.79 Å². The van der Waals surface area contributed by atoms with Crippen molar-refractivity contribution in [1.29, 1.82) is 0 Å². The highest BCUT2D eigenvalue weighted by Crippen LogP contribution is 2.30. The molecule has 0 atom stereocenters. The second-order valence-electron chi connectivity index (χ2n) is 6.98. The summed E-state index contributed by atoms with van der Waals surface area (Å²) in [5, 5.41) is 3.10. The number of carbonyl (C=O) groups excluding carboxylic acids is 1. The van der Waals surface area contributed by atoms with Crippen molar-refractivity contribution in [2.75, 3.05) is 25.9 Å². The average molecular weight is 330 g/mol. The maximum Gasteiger partial charge on any atom is 0.223 e. The first-order valence-electron chi connectivity index (χ1n) is 8.63. The second kappa shape index (κ2) is 7.77. The molecule has 1 N–H and O–H groups in total. The van der Waals surface area contributed by atoms with Crippen molar-refractivity contribution >= 4 is 15.9 Å². The standard InChI is InChI=1S/C16H30N2O3S/c1-3-13-4-6-14(7-5-13)12-17-16(19)15-8-10-18(11-9-15)22(2,20)21/h13-15H,3-12H2,1-2H3,(H,17,19). The molecule has 1 heterocycles. The van der Waals surface area contributed by atoms with E-state index in [1.165, 1.54) is 42.7 Å². The van der Waals surface area contributed by atoms with E-state index >= 15 is 0 Å². The number of nitrogens with zero attached hydrogens (tertiary/aromatic N) is 1. The number of amides is 1. The highest BCUT2D eigenvalue weighted by molar-refractivity contribution is 7.88. The minimum Gasteiger partial charge on any atom is -0.356 e. The Labute approximate surface area is 134 Å². The fourth-order valence-corrected chi connectivity index (χ4v) is 4.56. The van der Waals surface area contributed by atoms with E-state index in [1.54, 1.807) is 0 Å². The molecular formula is C16H30N2O3S. The van der Waals surface area contributed by atoms with Gasteiger partial charge in [0.25, 0.3) is 0 Å². The normalized spacial score (nSPS) is 28.5. The van der Waals surface area contributed by atoms with Gasteiger partial charge in [-0.25, -0.2) is 12.7 Å². The van der Waals surface area contributed by atoms with E-state index in [-0.39, 0.29) is 11.8 Å². The Balaban J connectivity index is 1.68. The summed E-state index contributed by atoms with van der Waals surface area (Å²) in [6, 6.07) is 0. The summed E-state index contributed by atoms with van der Waals surface area (Å²) in [5.41, 5.74) is 0. The molecule has 5 nitrogen and oxygen atoms in total. The summed E-state index contributed by atoms with van der Waals surface area (Å²) in [4.78, 5) is 12.2. The fourth-order valence-electron chi connectivity index (χ4n) is 3.68. The maximum absolute atomic E-state index is 12.2. The SMILES string of the molecule is CCC1CCC(CNC(=O)C2CCN(S(C)(=O)=O)CC2)CC1. The van der Waals surface area contributed by atoms with E-state index in [9.17, 15) is 13.2 Å². The summed E-state index contributed by atoms with van der Waals surface area (Å²) < 4.78 is 24.4. The molecule has 0 radical (unpaired) electrons. The second-order valence-corrected chi connectivity index (χ2v) is 8.96. The predicted octanol–water partition coefficient (Wildman–Crippen LogP) is 1.99. The van der Waals surface area contributed by atoms with Crippen LogP contribution in [0.3, 0.4) is 0 Å². The van der Waals surface area contributed by atoms with E-state index < -0.39 is 10.0 Å². The summed E-state index contributed by atoms with van der Waals surface area (Å²) >= 11 is 0. The number of carbonyl (C=O) groups is 1. The van der Waals surface area contributed by atoms with Crippen LogP contribution in [0, 0.1) is 17.8 Å². The van der Waals surface area contributed by atoms with Gasteiger partial charge in [-0.05, 0) is 37.5 Å². The Hall–Kier alpha value is -0.620. The largest absolute Gasteiger partial charge is 0.356 e.